The maximum absolute atomic E-state index is 11.7. The molecule has 0 radical (unpaired) electrons. The van der Waals surface area contributed by atoms with Gasteiger partial charge in [0.25, 0.3) is 0 Å². The van der Waals surface area contributed by atoms with Crippen LogP contribution in [0, 0.1) is 12.8 Å². The summed E-state index contributed by atoms with van der Waals surface area (Å²) in [6.07, 6.45) is 0.863. The van der Waals surface area contributed by atoms with E-state index in [2.05, 4.69) is 21.2 Å². The van der Waals surface area contributed by atoms with Crippen LogP contribution in [0.1, 0.15) is 25.8 Å². The van der Waals surface area contributed by atoms with Gasteiger partial charge in [0.2, 0.25) is 5.91 Å². The van der Waals surface area contributed by atoms with Gasteiger partial charge in [-0.3, -0.25) is 4.79 Å². The quantitative estimate of drug-likeness (QED) is 0.890. The van der Waals surface area contributed by atoms with Crippen molar-refractivity contribution < 1.29 is 4.79 Å². The van der Waals surface area contributed by atoms with Crippen molar-refractivity contribution >= 4 is 27.5 Å². The van der Waals surface area contributed by atoms with Crippen LogP contribution in [-0.4, -0.2) is 5.91 Å². The first-order chi connectivity index (χ1) is 7.04. The second kappa shape index (κ2) is 5.31. The van der Waals surface area contributed by atoms with E-state index >= 15 is 0 Å². The lowest BCUT2D eigenvalue weighted by atomic mass is 10.1. The topological polar surface area (TPSA) is 29.1 Å². The zero-order valence-corrected chi connectivity index (χ0v) is 10.9. The molecule has 0 aromatic heterocycles. The molecule has 1 aromatic carbocycles. The molecule has 1 amide bonds. The first kappa shape index (κ1) is 12.2. The van der Waals surface area contributed by atoms with E-state index in [4.69, 9.17) is 0 Å². The summed E-state index contributed by atoms with van der Waals surface area (Å²) < 4.78 is 1.03. The monoisotopic (exact) mass is 269 g/mol. The lowest BCUT2D eigenvalue weighted by Gasteiger charge is -2.12. The Bertz CT molecular complexity index is 363. The third-order valence-corrected chi connectivity index (χ3v) is 3.00. The largest absolute Gasteiger partial charge is 0.326 e. The minimum atomic E-state index is 0.0630. The number of rotatable bonds is 3. The van der Waals surface area contributed by atoms with Gasteiger partial charge in [0, 0.05) is 16.1 Å². The maximum Gasteiger partial charge on any atom is 0.227 e. The van der Waals surface area contributed by atoms with E-state index in [-0.39, 0.29) is 11.8 Å². The maximum atomic E-state index is 11.7. The predicted octanol–water partition coefficient (Wildman–Crippen LogP) is 3.74. The molecule has 1 rings (SSSR count). The fourth-order valence-corrected chi connectivity index (χ4v) is 1.68. The molecule has 1 N–H and O–H groups in total. The van der Waals surface area contributed by atoms with Gasteiger partial charge in [-0.05, 0) is 37.1 Å². The number of anilines is 1. The number of benzene rings is 1. The molecule has 82 valence electrons. The molecule has 1 unspecified atom stereocenters. The first-order valence-corrected chi connectivity index (χ1v) is 5.91. The fourth-order valence-electron chi connectivity index (χ4n) is 1.21. The molecule has 1 aromatic rings. The molecule has 0 aliphatic heterocycles. The van der Waals surface area contributed by atoms with Gasteiger partial charge in [-0.2, -0.15) is 0 Å². The molecule has 0 saturated carbocycles. The molecule has 0 fully saturated rings. The lowest BCUT2D eigenvalue weighted by Crippen LogP contribution is -2.20. The molecular formula is C12H16BrNO. The molecule has 0 heterocycles. The van der Waals surface area contributed by atoms with Crippen LogP contribution in [0.5, 0.6) is 0 Å². The Morgan fingerprint density at radius 1 is 1.53 bits per heavy atom. The number of halogens is 1. The van der Waals surface area contributed by atoms with Crippen molar-refractivity contribution in [3.8, 4) is 0 Å². The first-order valence-electron chi connectivity index (χ1n) is 5.11. The van der Waals surface area contributed by atoms with Crippen molar-refractivity contribution in [2.24, 2.45) is 5.92 Å². The average molecular weight is 270 g/mol. The van der Waals surface area contributed by atoms with E-state index in [1.165, 1.54) is 0 Å². The zero-order valence-electron chi connectivity index (χ0n) is 9.30. The summed E-state index contributed by atoms with van der Waals surface area (Å²) in [6.45, 7) is 5.93. The van der Waals surface area contributed by atoms with Crippen molar-refractivity contribution in [1.82, 2.24) is 0 Å². The normalized spacial score (nSPS) is 12.3. The van der Waals surface area contributed by atoms with Crippen LogP contribution in [0.2, 0.25) is 0 Å². The Hall–Kier alpha value is -0.830. The van der Waals surface area contributed by atoms with Gasteiger partial charge in [0.1, 0.15) is 0 Å². The third kappa shape index (κ3) is 3.34. The molecule has 0 aliphatic carbocycles. The van der Waals surface area contributed by atoms with Crippen LogP contribution in [-0.2, 0) is 4.79 Å². The highest BCUT2D eigenvalue weighted by Gasteiger charge is 2.11. The van der Waals surface area contributed by atoms with Gasteiger partial charge in [-0.25, -0.2) is 0 Å². The van der Waals surface area contributed by atoms with E-state index in [1.807, 2.05) is 39.0 Å². The van der Waals surface area contributed by atoms with Crippen molar-refractivity contribution in [2.75, 3.05) is 5.32 Å². The molecule has 0 bridgehead atoms. The minimum absolute atomic E-state index is 0.0630. The van der Waals surface area contributed by atoms with Crippen LogP contribution in [0.3, 0.4) is 0 Å². The average Bonchev–Trinajstić information content (AvgIpc) is 2.20. The Labute approximate surface area is 99.2 Å². The van der Waals surface area contributed by atoms with E-state index in [9.17, 15) is 4.79 Å². The fraction of sp³-hybridized carbons (Fsp3) is 0.417. The van der Waals surface area contributed by atoms with Crippen LogP contribution >= 0.6 is 15.9 Å². The van der Waals surface area contributed by atoms with Crippen LogP contribution in [0.4, 0.5) is 5.69 Å². The van der Waals surface area contributed by atoms with Gasteiger partial charge in [0.05, 0.1) is 0 Å². The second-order valence-corrected chi connectivity index (χ2v) is 4.67. The molecule has 0 saturated heterocycles. The van der Waals surface area contributed by atoms with Crippen molar-refractivity contribution in [3.05, 3.63) is 28.2 Å². The molecule has 3 heteroatoms. The Kier molecular flexibility index (Phi) is 4.33. The SMILES string of the molecule is CCC(C)C(=O)Nc1ccc(Br)cc1C. The van der Waals surface area contributed by atoms with E-state index in [0.29, 0.717) is 0 Å². The van der Waals surface area contributed by atoms with E-state index in [0.717, 1.165) is 22.1 Å². The summed E-state index contributed by atoms with van der Waals surface area (Å²) >= 11 is 3.39. The highest BCUT2D eigenvalue weighted by atomic mass is 79.9. The van der Waals surface area contributed by atoms with Crippen molar-refractivity contribution in [1.29, 1.82) is 0 Å². The summed E-state index contributed by atoms with van der Waals surface area (Å²) in [6, 6.07) is 5.84. The van der Waals surface area contributed by atoms with Gasteiger partial charge in [-0.1, -0.05) is 29.8 Å². The summed E-state index contributed by atoms with van der Waals surface area (Å²) in [5, 5.41) is 2.93. The smallest absolute Gasteiger partial charge is 0.227 e. The lowest BCUT2D eigenvalue weighted by molar-refractivity contribution is -0.119. The van der Waals surface area contributed by atoms with E-state index < -0.39 is 0 Å². The van der Waals surface area contributed by atoms with Gasteiger partial charge < -0.3 is 5.32 Å². The Balaban J connectivity index is 2.77. The molecule has 15 heavy (non-hydrogen) atoms. The summed E-state index contributed by atoms with van der Waals surface area (Å²) in [7, 11) is 0. The van der Waals surface area contributed by atoms with Crippen LogP contribution < -0.4 is 5.32 Å². The Morgan fingerprint density at radius 2 is 2.20 bits per heavy atom. The molecular weight excluding hydrogens is 254 g/mol. The number of hydrogen-bond donors (Lipinski definition) is 1. The van der Waals surface area contributed by atoms with Gasteiger partial charge in [0.15, 0.2) is 0 Å². The van der Waals surface area contributed by atoms with Crippen LogP contribution in [0.25, 0.3) is 0 Å². The summed E-state index contributed by atoms with van der Waals surface area (Å²) in [4.78, 5) is 11.7. The number of hydrogen-bond acceptors (Lipinski definition) is 1. The number of nitrogens with one attached hydrogen (secondary N) is 1. The Morgan fingerprint density at radius 3 is 2.73 bits per heavy atom. The van der Waals surface area contributed by atoms with Gasteiger partial charge in [-0.15, -0.1) is 0 Å². The summed E-state index contributed by atoms with van der Waals surface area (Å²) in [5.41, 5.74) is 1.96. The zero-order chi connectivity index (χ0) is 11.4. The van der Waals surface area contributed by atoms with Crippen molar-refractivity contribution in [2.45, 2.75) is 27.2 Å². The third-order valence-electron chi connectivity index (χ3n) is 2.51. The highest BCUT2D eigenvalue weighted by Crippen LogP contribution is 2.20. The number of carbonyl (C=O) groups excluding carboxylic acids is 1. The molecule has 0 aliphatic rings. The van der Waals surface area contributed by atoms with Gasteiger partial charge >= 0.3 is 0 Å². The van der Waals surface area contributed by atoms with Crippen LogP contribution in [0.15, 0.2) is 22.7 Å². The van der Waals surface area contributed by atoms with E-state index in [1.54, 1.807) is 0 Å². The molecule has 1 atom stereocenters. The van der Waals surface area contributed by atoms with Crippen molar-refractivity contribution in [3.63, 3.8) is 0 Å². The number of amides is 1. The standard InChI is InChI=1S/C12H16BrNO/c1-4-8(2)12(15)14-11-6-5-10(13)7-9(11)3/h5-8H,4H2,1-3H3,(H,14,15). The second-order valence-electron chi connectivity index (χ2n) is 3.76. The summed E-state index contributed by atoms with van der Waals surface area (Å²) in [5.74, 6) is 0.149. The number of carbonyl (C=O) groups is 1. The highest BCUT2D eigenvalue weighted by molar-refractivity contribution is 9.10. The predicted molar refractivity (Wildman–Crippen MR) is 67.0 cm³/mol. The molecule has 2 nitrogen and oxygen atoms in total. The minimum Gasteiger partial charge on any atom is -0.326 e. The number of aryl methyl sites for hydroxylation is 1. The molecule has 0 spiro atoms.